The number of carbonyl (C=O) groups is 1. The molecule has 0 spiro atoms. The van der Waals surface area contributed by atoms with Crippen molar-refractivity contribution in [2.45, 2.75) is 46.0 Å². The van der Waals surface area contributed by atoms with Gasteiger partial charge in [-0.2, -0.15) is 5.26 Å². The molecular weight excluding hydrogens is 619 g/mol. The van der Waals surface area contributed by atoms with Gasteiger partial charge in [0.25, 0.3) is 0 Å². The molecule has 0 aliphatic rings. The van der Waals surface area contributed by atoms with Crippen LogP contribution in [0.3, 0.4) is 0 Å². The number of halogens is 2. The van der Waals surface area contributed by atoms with E-state index in [0.29, 0.717) is 11.4 Å². The average Bonchev–Trinajstić information content (AvgIpc) is 2.78. The summed E-state index contributed by atoms with van der Waals surface area (Å²) in [5.74, 6) is -2.80. The van der Waals surface area contributed by atoms with Gasteiger partial charge in [0.1, 0.15) is 5.69 Å². The van der Waals surface area contributed by atoms with Crippen LogP contribution in [0.2, 0.25) is 0 Å². The molecule has 0 amide bonds. The summed E-state index contributed by atoms with van der Waals surface area (Å²) < 4.78 is 28.9. The summed E-state index contributed by atoms with van der Waals surface area (Å²) in [6.45, 7) is 9.86. The van der Waals surface area contributed by atoms with Crippen molar-refractivity contribution in [3.8, 4) is 17.3 Å². The molecule has 0 saturated carbocycles. The third-order valence-electron chi connectivity index (χ3n) is 6.01. The predicted octanol–water partition coefficient (Wildman–Crippen LogP) is 5.87. The molecule has 0 bridgehead atoms. The van der Waals surface area contributed by atoms with Gasteiger partial charge in [-0.1, -0.05) is 44.0 Å². The minimum atomic E-state index is -1.14. The minimum Gasteiger partial charge on any atom is -0.477 e. The number of aromatic nitrogens is 2. The Morgan fingerprint density at radius 2 is 1.82 bits per heavy atom. The molecule has 2 aromatic heterocycles. The zero-order valence-corrected chi connectivity index (χ0v) is 21.7. The van der Waals surface area contributed by atoms with E-state index in [9.17, 15) is 18.7 Å². The zero-order valence-electron chi connectivity index (χ0n) is 19.4. The largest absolute Gasteiger partial charge is 0.477 e. The molecule has 2 heterocycles. The number of hydrogen-bond donors (Lipinski definition) is 1. The van der Waals surface area contributed by atoms with Crippen molar-refractivity contribution in [3.05, 3.63) is 82.3 Å². The van der Waals surface area contributed by atoms with Crippen molar-refractivity contribution in [2.75, 3.05) is 0 Å². The second-order valence-corrected chi connectivity index (χ2v) is 8.85. The summed E-state index contributed by atoms with van der Waals surface area (Å²) in [5.41, 5.74) is 0.393. The van der Waals surface area contributed by atoms with Crippen LogP contribution in [0.25, 0.3) is 11.3 Å². The molecule has 1 N–H and O–H groups in total. The van der Waals surface area contributed by atoms with Crippen molar-refractivity contribution in [3.63, 3.8) is 0 Å². The summed E-state index contributed by atoms with van der Waals surface area (Å²) in [7, 11) is 0. The Balaban J connectivity index is 0.00000408. The molecule has 0 aliphatic heterocycles. The first kappa shape index (κ1) is 27.3. The van der Waals surface area contributed by atoms with Gasteiger partial charge in [-0.25, -0.2) is 9.78 Å². The number of nitriles is 1. The van der Waals surface area contributed by atoms with Crippen LogP contribution in [0, 0.1) is 34.9 Å². The number of benzene rings is 1. The van der Waals surface area contributed by atoms with E-state index in [-0.39, 0.29) is 49.9 Å². The molecule has 3 aromatic rings. The predicted molar refractivity (Wildman–Crippen MR) is 120 cm³/mol. The van der Waals surface area contributed by atoms with E-state index in [4.69, 9.17) is 5.26 Å². The molecule has 1 unspecified atom stereocenters. The maximum Gasteiger partial charge on any atom is 0.354 e. The van der Waals surface area contributed by atoms with Crippen LogP contribution in [-0.4, -0.2) is 21.0 Å². The second kappa shape index (κ2) is 10.5. The van der Waals surface area contributed by atoms with Crippen LogP contribution >= 0.6 is 0 Å². The Morgan fingerprint density at radius 1 is 1.15 bits per heavy atom. The zero-order chi connectivity index (χ0) is 24.5. The first-order valence-electron chi connectivity index (χ1n) is 10.5. The maximum absolute atomic E-state index is 15.0. The number of carboxylic acids is 1. The van der Waals surface area contributed by atoms with E-state index in [2.05, 4.69) is 29.9 Å². The van der Waals surface area contributed by atoms with E-state index in [1.165, 1.54) is 6.07 Å². The van der Waals surface area contributed by atoms with E-state index in [0.717, 1.165) is 11.6 Å². The molecule has 34 heavy (non-hydrogen) atoms. The van der Waals surface area contributed by atoms with E-state index < -0.39 is 28.6 Å². The van der Waals surface area contributed by atoms with Gasteiger partial charge < -0.3 is 10.1 Å². The van der Waals surface area contributed by atoms with Crippen molar-refractivity contribution in [1.29, 1.82) is 5.26 Å². The summed E-state index contributed by atoms with van der Waals surface area (Å²) in [6.07, 6.45) is 0. The Hall–Kier alpha value is -2.97. The molecule has 5 nitrogen and oxygen atoms in total. The SMILES string of the molecule is CC(C)C(C)c1cc(-c2[c-]cc(F)c(C#N)c2F)nc(C(C)(C)c2cccc(C(=O)O)n2)c1.[Pt]. The van der Waals surface area contributed by atoms with Gasteiger partial charge in [0.2, 0.25) is 0 Å². The number of pyridine rings is 2. The van der Waals surface area contributed by atoms with Gasteiger partial charge in [-0.05, 0) is 49.6 Å². The number of hydrogen-bond acceptors (Lipinski definition) is 4. The first-order valence-corrected chi connectivity index (χ1v) is 10.5. The fourth-order valence-electron chi connectivity index (χ4n) is 3.47. The molecule has 180 valence electrons. The molecule has 1 aromatic carbocycles. The molecular formula is C26H24F2N3O2Pt-. The molecule has 0 radical (unpaired) electrons. The number of rotatable bonds is 6. The smallest absolute Gasteiger partial charge is 0.354 e. The standard InChI is InChI=1S/C26H24F2N3O2.Pt/c1-14(2)15(3)16-11-21(17-9-10-19(27)18(13-29)24(17)28)31-23(12-16)26(4,5)22-8-6-7-20(30-22)25(32)33;/h6-8,10-12,14-15H,1-5H3,(H,32,33);/q-1;. The first-order chi connectivity index (χ1) is 15.5. The molecule has 1 atom stereocenters. The monoisotopic (exact) mass is 643 g/mol. The average molecular weight is 644 g/mol. The fraction of sp³-hybridized carbons (Fsp3) is 0.308. The van der Waals surface area contributed by atoms with Crippen LogP contribution in [0.5, 0.6) is 0 Å². The molecule has 3 rings (SSSR count). The van der Waals surface area contributed by atoms with E-state index >= 15 is 0 Å². The summed E-state index contributed by atoms with van der Waals surface area (Å²) in [5, 5.41) is 18.5. The summed E-state index contributed by atoms with van der Waals surface area (Å²) in [6, 6.07) is 13.4. The van der Waals surface area contributed by atoms with Crippen LogP contribution in [0.1, 0.15) is 73.5 Å². The molecule has 0 fully saturated rings. The maximum atomic E-state index is 15.0. The van der Waals surface area contributed by atoms with E-state index in [1.54, 1.807) is 24.3 Å². The number of carboxylic acid groups (broad SMARTS) is 1. The van der Waals surface area contributed by atoms with Gasteiger partial charge in [-0.15, -0.1) is 12.1 Å². The second-order valence-electron chi connectivity index (χ2n) is 8.85. The van der Waals surface area contributed by atoms with Crippen LogP contribution in [-0.2, 0) is 26.5 Å². The van der Waals surface area contributed by atoms with Crippen molar-refractivity contribution in [1.82, 2.24) is 9.97 Å². The van der Waals surface area contributed by atoms with Gasteiger partial charge in [0.05, 0.1) is 23.4 Å². The van der Waals surface area contributed by atoms with Gasteiger partial charge in [0.15, 0.2) is 0 Å². The van der Waals surface area contributed by atoms with Crippen molar-refractivity contribution in [2.24, 2.45) is 5.92 Å². The van der Waals surface area contributed by atoms with Gasteiger partial charge in [-0.3, -0.25) is 8.78 Å². The van der Waals surface area contributed by atoms with Gasteiger partial charge in [0, 0.05) is 37.7 Å². The Bertz CT molecular complexity index is 1270. The quantitative estimate of drug-likeness (QED) is 0.340. The Kier molecular flexibility index (Phi) is 8.44. The molecule has 0 saturated heterocycles. The van der Waals surface area contributed by atoms with Crippen LogP contribution in [0.15, 0.2) is 36.4 Å². The third kappa shape index (κ3) is 5.23. The van der Waals surface area contributed by atoms with E-state index in [1.807, 2.05) is 26.8 Å². The summed E-state index contributed by atoms with van der Waals surface area (Å²) in [4.78, 5) is 20.3. The Labute approximate surface area is 212 Å². The van der Waals surface area contributed by atoms with Crippen LogP contribution < -0.4 is 0 Å². The van der Waals surface area contributed by atoms with Crippen LogP contribution in [0.4, 0.5) is 8.78 Å². The van der Waals surface area contributed by atoms with Crippen molar-refractivity contribution < 1.29 is 39.7 Å². The molecule has 0 aliphatic carbocycles. The molecule has 8 heteroatoms. The fourth-order valence-corrected chi connectivity index (χ4v) is 3.47. The number of aromatic carboxylic acids is 1. The third-order valence-corrected chi connectivity index (χ3v) is 6.01. The topological polar surface area (TPSA) is 86.9 Å². The Morgan fingerprint density at radius 3 is 2.41 bits per heavy atom. The minimum absolute atomic E-state index is 0. The van der Waals surface area contributed by atoms with Crippen molar-refractivity contribution >= 4 is 5.97 Å². The normalized spacial score (nSPS) is 12.1. The summed E-state index contributed by atoms with van der Waals surface area (Å²) >= 11 is 0. The van der Waals surface area contributed by atoms with Gasteiger partial charge >= 0.3 is 5.97 Å². The number of nitrogens with zero attached hydrogens (tertiary/aromatic N) is 3.